The summed E-state index contributed by atoms with van der Waals surface area (Å²) in [4.78, 5) is 1.21. The third-order valence-electron chi connectivity index (χ3n) is 2.54. The monoisotopic (exact) mass is 250 g/mol. The molecule has 0 bridgehead atoms. The highest BCUT2D eigenvalue weighted by Gasteiger charge is 2.17. The Labute approximate surface area is 104 Å². The predicted molar refractivity (Wildman–Crippen MR) is 66.8 cm³/mol. The van der Waals surface area contributed by atoms with E-state index < -0.39 is 0 Å². The lowest BCUT2D eigenvalue weighted by atomic mass is 10.1. The Morgan fingerprint density at radius 1 is 1.35 bits per heavy atom. The normalized spacial score (nSPS) is 12.4. The van der Waals surface area contributed by atoms with Gasteiger partial charge in [0.2, 0.25) is 5.88 Å². The first-order chi connectivity index (χ1) is 8.26. The quantitative estimate of drug-likeness (QED) is 0.634. The number of hydrogen-bond donors (Lipinski definition) is 2. The van der Waals surface area contributed by atoms with Gasteiger partial charge in [-0.05, 0) is 30.0 Å². The largest absolute Gasteiger partial charge is 0.480 e. The van der Waals surface area contributed by atoms with Crippen LogP contribution in [0.4, 0.5) is 0 Å². The lowest BCUT2D eigenvalue weighted by Gasteiger charge is -2.14. The van der Waals surface area contributed by atoms with Gasteiger partial charge in [-0.1, -0.05) is 0 Å². The van der Waals surface area contributed by atoms with Crippen molar-refractivity contribution in [3.8, 4) is 5.88 Å². The van der Waals surface area contributed by atoms with Crippen LogP contribution in [0.5, 0.6) is 5.88 Å². The van der Waals surface area contributed by atoms with Gasteiger partial charge in [0.1, 0.15) is 0 Å². The smallest absolute Gasteiger partial charge is 0.233 e. The fraction of sp³-hybridized carbons (Fsp3) is 0.273. The van der Waals surface area contributed by atoms with Crippen molar-refractivity contribution in [3.05, 3.63) is 39.7 Å². The minimum absolute atomic E-state index is 0.139. The van der Waals surface area contributed by atoms with Crippen LogP contribution in [0.3, 0.4) is 0 Å². The molecule has 0 aliphatic heterocycles. The van der Waals surface area contributed by atoms with E-state index in [-0.39, 0.29) is 6.04 Å². The molecule has 2 aromatic heterocycles. The first-order valence-electron chi connectivity index (χ1n) is 5.14. The number of nitrogens with zero attached hydrogens (tertiary/aromatic N) is 2. The van der Waals surface area contributed by atoms with Gasteiger partial charge in [0, 0.05) is 10.9 Å². The third-order valence-corrected chi connectivity index (χ3v) is 3.40. The van der Waals surface area contributed by atoms with Crippen molar-refractivity contribution in [3.63, 3.8) is 0 Å². The molecular formula is C11H14N4OS. The van der Waals surface area contributed by atoms with Gasteiger partial charge < -0.3 is 4.74 Å². The number of aryl methyl sites for hydroxylation is 1. The average Bonchev–Trinajstić information content (AvgIpc) is 2.78. The molecule has 0 radical (unpaired) electrons. The number of ether oxygens (including phenoxy) is 1. The molecule has 2 rings (SSSR count). The zero-order chi connectivity index (χ0) is 12.3. The molecule has 0 aliphatic carbocycles. The van der Waals surface area contributed by atoms with Crippen LogP contribution in [0.15, 0.2) is 23.6 Å². The van der Waals surface area contributed by atoms with Crippen LogP contribution in [0.25, 0.3) is 0 Å². The maximum Gasteiger partial charge on any atom is 0.233 e. The standard InChI is InChI=1S/C11H14N4OS/c1-7-8(5-6-17-7)11(13-12)9-3-4-10(16-2)15-14-9/h3-6,11,13H,12H2,1-2H3. The number of nitrogens with two attached hydrogens (primary N) is 1. The van der Waals surface area contributed by atoms with Crippen LogP contribution in [0.1, 0.15) is 22.2 Å². The summed E-state index contributed by atoms with van der Waals surface area (Å²) in [7, 11) is 1.56. The molecule has 0 saturated carbocycles. The van der Waals surface area contributed by atoms with Gasteiger partial charge in [-0.3, -0.25) is 5.84 Å². The molecule has 3 N–H and O–H groups in total. The van der Waals surface area contributed by atoms with Crippen LogP contribution >= 0.6 is 11.3 Å². The summed E-state index contributed by atoms with van der Waals surface area (Å²) < 4.78 is 4.97. The van der Waals surface area contributed by atoms with Crippen LogP contribution in [-0.2, 0) is 0 Å². The zero-order valence-electron chi connectivity index (χ0n) is 9.68. The maximum absolute atomic E-state index is 5.59. The molecule has 0 aliphatic rings. The highest BCUT2D eigenvalue weighted by Crippen LogP contribution is 2.26. The van der Waals surface area contributed by atoms with E-state index in [2.05, 4.69) is 22.5 Å². The van der Waals surface area contributed by atoms with Crippen molar-refractivity contribution in [2.75, 3.05) is 7.11 Å². The molecule has 0 amide bonds. The predicted octanol–water partition coefficient (Wildman–Crippen LogP) is 1.41. The van der Waals surface area contributed by atoms with Gasteiger partial charge in [0.25, 0.3) is 0 Å². The Kier molecular flexibility index (Phi) is 3.68. The van der Waals surface area contributed by atoms with Gasteiger partial charge in [-0.25, -0.2) is 5.43 Å². The topological polar surface area (TPSA) is 73.1 Å². The number of nitrogens with one attached hydrogen (secondary N) is 1. The number of hydrazine groups is 1. The van der Waals surface area contributed by atoms with E-state index in [4.69, 9.17) is 10.6 Å². The fourth-order valence-corrected chi connectivity index (χ4v) is 2.36. The van der Waals surface area contributed by atoms with Crippen LogP contribution < -0.4 is 16.0 Å². The van der Waals surface area contributed by atoms with Gasteiger partial charge in [0.15, 0.2) is 0 Å². The summed E-state index contributed by atoms with van der Waals surface area (Å²) in [5.41, 5.74) is 4.66. The Hall–Kier alpha value is -1.50. The second-order valence-electron chi connectivity index (χ2n) is 3.53. The average molecular weight is 250 g/mol. The zero-order valence-corrected chi connectivity index (χ0v) is 10.5. The molecule has 5 nitrogen and oxygen atoms in total. The van der Waals surface area contributed by atoms with Crippen molar-refractivity contribution in [2.24, 2.45) is 5.84 Å². The van der Waals surface area contributed by atoms with Crippen molar-refractivity contribution in [1.29, 1.82) is 0 Å². The molecule has 2 heterocycles. The number of thiophene rings is 1. The molecule has 0 aromatic carbocycles. The van der Waals surface area contributed by atoms with E-state index in [1.807, 2.05) is 17.5 Å². The summed E-state index contributed by atoms with van der Waals surface area (Å²) in [5, 5.41) is 10.1. The van der Waals surface area contributed by atoms with E-state index in [0.717, 1.165) is 11.3 Å². The molecule has 1 unspecified atom stereocenters. The summed E-state index contributed by atoms with van der Waals surface area (Å²) in [5.74, 6) is 6.08. The number of aromatic nitrogens is 2. The highest BCUT2D eigenvalue weighted by molar-refractivity contribution is 7.10. The third kappa shape index (κ3) is 2.44. The molecular weight excluding hydrogens is 236 g/mol. The van der Waals surface area contributed by atoms with E-state index in [0.29, 0.717) is 5.88 Å². The SMILES string of the molecule is COc1ccc(C(NN)c2ccsc2C)nn1. The van der Waals surface area contributed by atoms with Crippen molar-refractivity contribution >= 4 is 11.3 Å². The van der Waals surface area contributed by atoms with E-state index in [9.17, 15) is 0 Å². The van der Waals surface area contributed by atoms with Crippen molar-refractivity contribution in [2.45, 2.75) is 13.0 Å². The highest BCUT2D eigenvalue weighted by atomic mass is 32.1. The first-order valence-corrected chi connectivity index (χ1v) is 6.02. The second-order valence-corrected chi connectivity index (χ2v) is 4.65. The lowest BCUT2D eigenvalue weighted by Crippen LogP contribution is -2.29. The fourth-order valence-electron chi connectivity index (χ4n) is 1.62. The molecule has 0 fully saturated rings. The Balaban J connectivity index is 2.32. The second kappa shape index (κ2) is 5.22. The lowest BCUT2D eigenvalue weighted by molar-refractivity contribution is 0.390. The van der Waals surface area contributed by atoms with E-state index in [1.165, 1.54) is 4.88 Å². The van der Waals surface area contributed by atoms with Gasteiger partial charge >= 0.3 is 0 Å². The molecule has 90 valence electrons. The Morgan fingerprint density at radius 2 is 2.18 bits per heavy atom. The van der Waals surface area contributed by atoms with Crippen LogP contribution in [0.2, 0.25) is 0 Å². The summed E-state index contributed by atoms with van der Waals surface area (Å²) >= 11 is 1.68. The summed E-state index contributed by atoms with van der Waals surface area (Å²) in [6.07, 6.45) is 0. The molecule has 0 saturated heterocycles. The molecule has 17 heavy (non-hydrogen) atoms. The molecule has 1 atom stereocenters. The first kappa shape index (κ1) is 12.0. The minimum Gasteiger partial charge on any atom is -0.480 e. The van der Waals surface area contributed by atoms with Crippen LogP contribution in [-0.4, -0.2) is 17.3 Å². The van der Waals surface area contributed by atoms with Gasteiger partial charge in [-0.2, -0.15) is 0 Å². The van der Waals surface area contributed by atoms with Crippen molar-refractivity contribution in [1.82, 2.24) is 15.6 Å². The van der Waals surface area contributed by atoms with Gasteiger partial charge in [0.05, 0.1) is 18.8 Å². The summed E-state index contributed by atoms with van der Waals surface area (Å²) in [6, 6.07) is 5.53. The minimum atomic E-state index is -0.139. The number of rotatable bonds is 4. The van der Waals surface area contributed by atoms with Crippen LogP contribution in [0, 0.1) is 6.92 Å². The van der Waals surface area contributed by atoms with Crippen molar-refractivity contribution < 1.29 is 4.74 Å². The molecule has 6 heteroatoms. The number of methoxy groups -OCH3 is 1. The number of hydrogen-bond acceptors (Lipinski definition) is 6. The Morgan fingerprint density at radius 3 is 2.65 bits per heavy atom. The maximum atomic E-state index is 5.59. The van der Waals surface area contributed by atoms with E-state index in [1.54, 1.807) is 24.5 Å². The molecule has 2 aromatic rings. The van der Waals surface area contributed by atoms with E-state index >= 15 is 0 Å². The Bertz CT molecular complexity index is 482. The molecule has 0 spiro atoms. The van der Waals surface area contributed by atoms with Gasteiger partial charge in [-0.15, -0.1) is 21.5 Å². The summed E-state index contributed by atoms with van der Waals surface area (Å²) in [6.45, 7) is 2.06.